The fourth-order valence-corrected chi connectivity index (χ4v) is 1.30. The number of nitrogens with one attached hydrogen (secondary N) is 1. The molecule has 1 unspecified atom stereocenters. The van der Waals surface area contributed by atoms with Crippen molar-refractivity contribution in [3.05, 3.63) is 0 Å². The highest BCUT2D eigenvalue weighted by Crippen LogP contribution is 1.99. The predicted molar refractivity (Wildman–Crippen MR) is 55.4 cm³/mol. The van der Waals surface area contributed by atoms with Crippen LogP contribution in [-0.4, -0.2) is 37.6 Å². The van der Waals surface area contributed by atoms with Gasteiger partial charge in [0.05, 0.1) is 6.07 Å². The van der Waals surface area contributed by atoms with Crippen LogP contribution in [0.4, 0.5) is 0 Å². The summed E-state index contributed by atoms with van der Waals surface area (Å²) in [6.07, 6.45) is 0. The molecule has 76 valence electrons. The molecule has 13 heavy (non-hydrogen) atoms. The van der Waals surface area contributed by atoms with Crippen molar-refractivity contribution in [1.82, 2.24) is 10.2 Å². The Morgan fingerprint density at radius 1 is 1.38 bits per heavy atom. The molecule has 0 amide bonds. The van der Waals surface area contributed by atoms with Gasteiger partial charge in [0, 0.05) is 13.1 Å². The number of likely N-dealkylation sites (N-methyl/N-ethyl adjacent to an activating group) is 2. The van der Waals surface area contributed by atoms with Gasteiger partial charge in [-0.25, -0.2) is 0 Å². The molecule has 3 nitrogen and oxygen atoms in total. The minimum atomic E-state index is -0.0429. The van der Waals surface area contributed by atoms with Crippen LogP contribution in [0.15, 0.2) is 0 Å². The molecule has 0 spiro atoms. The summed E-state index contributed by atoms with van der Waals surface area (Å²) in [7, 11) is 1.83. The Balaban J connectivity index is 3.90. The number of hydrogen-bond acceptors (Lipinski definition) is 3. The summed E-state index contributed by atoms with van der Waals surface area (Å²) in [5.74, 6) is 0.663. The second kappa shape index (κ2) is 6.88. The first-order chi connectivity index (χ1) is 6.13. The van der Waals surface area contributed by atoms with E-state index in [9.17, 15) is 0 Å². The summed E-state index contributed by atoms with van der Waals surface area (Å²) < 4.78 is 0. The van der Waals surface area contributed by atoms with Crippen LogP contribution in [0.1, 0.15) is 20.8 Å². The van der Waals surface area contributed by atoms with Gasteiger partial charge in [-0.1, -0.05) is 20.8 Å². The largest absolute Gasteiger partial charge is 0.304 e. The van der Waals surface area contributed by atoms with E-state index >= 15 is 0 Å². The van der Waals surface area contributed by atoms with E-state index in [1.165, 1.54) is 0 Å². The van der Waals surface area contributed by atoms with Gasteiger partial charge >= 0.3 is 0 Å². The van der Waals surface area contributed by atoms with Gasteiger partial charge < -0.3 is 10.2 Å². The maximum absolute atomic E-state index is 8.77. The van der Waals surface area contributed by atoms with Gasteiger partial charge in [-0.2, -0.15) is 5.26 Å². The van der Waals surface area contributed by atoms with Crippen molar-refractivity contribution in [2.24, 2.45) is 5.92 Å². The van der Waals surface area contributed by atoms with Crippen LogP contribution in [0.3, 0.4) is 0 Å². The molecule has 0 bridgehead atoms. The Bertz CT molecular complexity index is 160. The smallest absolute Gasteiger partial charge is 0.108 e. The lowest BCUT2D eigenvalue weighted by atomic mass is 10.2. The number of nitriles is 1. The summed E-state index contributed by atoms with van der Waals surface area (Å²) in [4.78, 5) is 2.30. The van der Waals surface area contributed by atoms with E-state index in [1.54, 1.807) is 0 Å². The zero-order valence-corrected chi connectivity index (χ0v) is 9.17. The molecular weight excluding hydrogens is 162 g/mol. The van der Waals surface area contributed by atoms with Crippen molar-refractivity contribution in [2.45, 2.75) is 26.8 Å². The molecule has 0 saturated heterocycles. The third kappa shape index (κ3) is 5.62. The average Bonchev–Trinajstić information content (AvgIpc) is 2.11. The second-order valence-electron chi connectivity index (χ2n) is 3.72. The third-order valence-corrected chi connectivity index (χ3v) is 2.02. The van der Waals surface area contributed by atoms with Gasteiger partial charge in [0.1, 0.15) is 6.04 Å². The van der Waals surface area contributed by atoms with Crippen LogP contribution in [0.5, 0.6) is 0 Å². The molecule has 0 aliphatic carbocycles. The summed E-state index contributed by atoms with van der Waals surface area (Å²) in [6.45, 7) is 9.43. The van der Waals surface area contributed by atoms with Crippen molar-refractivity contribution in [3.63, 3.8) is 0 Å². The minimum Gasteiger partial charge on any atom is -0.304 e. The Labute approximate surface area is 81.7 Å². The second-order valence-corrected chi connectivity index (χ2v) is 3.72. The monoisotopic (exact) mass is 183 g/mol. The molecule has 0 aromatic rings. The minimum absolute atomic E-state index is 0.0429. The standard InChI is InChI=1S/C10H21N3/c1-5-13(7-9(2)3)8-10(6-11)12-4/h9-10,12H,5,7-8H2,1-4H3. The maximum Gasteiger partial charge on any atom is 0.108 e. The third-order valence-electron chi connectivity index (χ3n) is 2.02. The molecule has 0 rings (SSSR count). The highest BCUT2D eigenvalue weighted by molar-refractivity contribution is 4.90. The molecule has 0 aromatic heterocycles. The Morgan fingerprint density at radius 2 is 2.00 bits per heavy atom. The molecule has 0 aliphatic heterocycles. The number of hydrogen-bond donors (Lipinski definition) is 1. The fraction of sp³-hybridized carbons (Fsp3) is 0.900. The van der Waals surface area contributed by atoms with E-state index in [0.29, 0.717) is 5.92 Å². The lowest BCUT2D eigenvalue weighted by Gasteiger charge is -2.24. The topological polar surface area (TPSA) is 39.1 Å². The van der Waals surface area contributed by atoms with Crippen molar-refractivity contribution in [1.29, 1.82) is 5.26 Å². The molecule has 1 atom stereocenters. The molecule has 0 aromatic carbocycles. The van der Waals surface area contributed by atoms with Crippen LogP contribution in [-0.2, 0) is 0 Å². The molecule has 3 heteroatoms. The van der Waals surface area contributed by atoms with Gasteiger partial charge in [-0.3, -0.25) is 0 Å². The lowest BCUT2D eigenvalue weighted by Crippen LogP contribution is -2.40. The van der Waals surface area contributed by atoms with E-state index in [2.05, 4.69) is 37.1 Å². The molecule has 0 heterocycles. The van der Waals surface area contributed by atoms with Crippen LogP contribution >= 0.6 is 0 Å². The first-order valence-electron chi connectivity index (χ1n) is 4.93. The van der Waals surface area contributed by atoms with E-state index in [1.807, 2.05) is 7.05 Å². The van der Waals surface area contributed by atoms with Crippen molar-refractivity contribution in [2.75, 3.05) is 26.7 Å². The SMILES string of the molecule is CCN(CC(C)C)CC(C#N)NC. The van der Waals surface area contributed by atoms with Crippen LogP contribution in [0.2, 0.25) is 0 Å². The molecule has 0 aliphatic rings. The quantitative estimate of drug-likeness (QED) is 0.669. The Morgan fingerprint density at radius 3 is 2.31 bits per heavy atom. The molecule has 0 saturated carbocycles. The van der Waals surface area contributed by atoms with E-state index in [0.717, 1.165) is 19.6 Å². The lowest BCUT2D eigenvalue weighted by molar-refractivity contribution is 0.245. The maximum atomic E-state index is 8.77. The van der Waals surface area contributed by atoms with Gasteiger partial charge in [0.2, 0.25) is 0 Å². The van der Waals surface area contributed by atoms with E-state index in [-0.39, 0.29) is 6.04 Å². The van der Waals surface area contributed by atoms with Crippen molar-refractivity contribution in [3.8, 4) is 6.07 Å². The van der Waals surface area contributed by atoms with Crippen LogP contribution < -0.4 is 5.32 Å². The predicted octanol–water partition coefficient (Wildman–Crippen LogP) is 1.08. The van der Waals surface area contributed by atoms with Gasteiger partial charge in [-0.15, -0.1) is 0 Å². The van der Waals surface area contributed by atoms with Gasteiger partial charge in [-0.05, 0) is 19.5 Å². The van der Waals surface area contributed by atoms with Crippen LogP contribution in [0, 0.1) is 17.2 Å². The molecular formula is C10H21N3. The first kappa shape index (κ1) is 12.4. The highest BCUT2D eigenvalue weighted by atomic mass is 15.1. The summed E-state index contributed by atoms with van der Waals surface area (Å²) in [5.41, 5.74) is 0. The fourth-order valence-electron chi connectivity index (χ4n) is 1.30. The number of nitrogens with zero attached hydrogens (tertiary/aromatic N) is 2. The number of rotatable bonds is 6. The normalized spacial score (nSPS) is 13.3. The average molecular weight is 183 g/mol. The van der Waals surface area contributed by atoms with Crippen molar-refractivity contribution < 1.29 is 0 Å². The zero-order chi connectivity index (χ0) is 10.3. The molecule has 0 radical (unpaired) electrons. The molecule has 0 fully saturated rings. The Kier molecular flexibility index (Phi) is 6.56. The van der Waals surface area contributed by atoms with Gasteiger partial charge in [0.25, 0.3) is 0 Å². The van der Waals surface area contributed by atoms with Gasteiger partial charge in [0.15, 0.2) is 0 Å². The summed E-state index contributed by atoms with van der Waals surface area (Å²) in [5, 5.41) is 11.8. The van der Waals surface area contributed by atoms with E-state index < -0.39 is 0 Å². The van der Waals surface area contributed by atoms with Crippen molar-refractivity contribution >= 4 is 0 Å². The zero-order valence-electron chi connectivity index (χ0n) is 9.17. The van der Waals surface area contributed by atoms with E-state index in [4.69, 9.17) is 5.26 Å². The highest BCUT2D eigenvalue weighted by Gasteiger charge is 2.10. The Hall–Kier alpha value is -0.590. The summed E-state index contributed by atoms with van der Waals surface area (Å²) in [6, 6.07) is 2.19. The summed E-state index contributed by atoms with van der Waals surface area (Å²) >= 11 is 0. The first-order valence-corrected chi connectivity index (χ1v) is 4.93. The molecule has 1 N–H and O–H groups in total. The van der Waals surface area contributed by atoms with Crippen LogP contribution in [0.25, 0.3) is 0 Å².